The van der Waals surface area contributed by atoms with E-state index >= 15 is 0 Å². The number of anilines is 1. The molecule has 108 valence electrons. The lowest BCUT2D eigenvalue weighted by atomic mass is 10.2. The highest BCUT2D eigenvalue weighted by atomic mass is 16.5. The summed E-state index contributed by atoms with van der Waals surface area (Å²) >= 11 is 0. The molecular weight excluding hydrogens is 272 g/mol. The Labute approximate surface area is 121 Å². The lowest BCUT2D eigenvalue weighted by Gasteiger charge is -2.03. The summed E-state index contributed by atoms with van der Waals surface area (Å²) in [6, 6.07) is 11.1. The summed E-state index contributed by atoms with van der Waals surface area (Å²) in [6.07, 6.45) is 1.53. The molecule has 0 aliphatic heterocycles. The zero-order valence-electron chi connectivity index (χ0n) is 11.3. The number of benzene rings is 2. The van der Waals surface area contributed by atoms with E-state index in [0.717, 1.165) is 0 Å². The third-order valence-electron chi connectivity index (χ3n) is 2.74. The van der Waals surface area contributed by atoms with E-state index in [4.69, 9.17) is 9.84 Å². The monoisotopic (exact) mass is 286 g/mol. The normalized spacial score (nSPS) is 10.5. The van der Waals surface area contributed by atoms with Crippen molar-refractivity contribution in [2.24, 2.45) is 5.10 Å². The van der Waals surface area contributed by atoms with Gasteiger partial charge in [0.1, 0.15) is 0 Å². The molecule has 0 atom stereocenters. The standard InChI is InChI=1S/C15H14N2O4/c1-21-14-7-2-10(8-13(14)18)9-16-17-12-5-3-11(4-6-12)15(19)20/h2-9,17-18H,1H3,(H,19,20)/b16-9-. The summed E-state index contributed by atoms with van der Waals surface area (Å²) in [6.45, 7) is 0. The van der Waals surface area contributed by atoms with Crippen molar-refractivity contribution in [2.75, 3.05) is 12.5 Å². The van der Waals surface area contributed by atoms with Crippen molar-refractivity contribution in [1.29, 1.82) is 0 Å². The summed E-state index contributed by atoms with van der Waals surface area (Å²) in [7, 11) is 1.48. The second-order valence-corrected chi connectivity index (χ2v) is 4.18. The summed E-state index contributed by atoms with van der Waals surface area (Å²) in [5, 5.41) is 22.4. The van der Waals surface area contributed by atoms with Crippen LogP contribution in [0, 0.1) is 0 Å². The number of phenolic OH excluding ortho intramolecular Hbond substituents is 1. The van der Waals surface area contributed by atoms with Gasteiger partial charge in [-0.25, -0.2) is 4.79 Å². The Morgan fingerprint density at radius 2 is 1.95 bits per heavy atom. The minimum atomic E-state index is -0.973. The molecule has 0 amide bonds. The zero-order chi connectivity index (χ0) is 15.2. The molecule has 0 aromatic heterocycles. The van der Waals surface area contributed by atoms with Gasteiger partial charge in [-0.3, -0.25) is 5.43 Å². The fraction of sp³-hybridized carbons (Fsp3) is 0.0667. The number of nitrogens with one attached hydrogen (secondary N) is 1. The maximum Gasteiger partial charge on any atom is 0.335 e. The SMILES string of the molecule is COc1ccc(/C=N\Nc2ccc(C(=O)O)cc2)cc1O. The maximum atomic E-state index is 10.7. The number of carboxylic acids is 1. The maximum absolute atomic E-state index is 10.7. The van der Waals surface area contributed by atoms with E-state index in [2.05, 4.69) is 10.5 Å². The van der Waals surface area contributed by atoms with E-state index < -0.39 is 5.97 Å². The highest BCUT2D eigenvalue weighted by Crippen LogP contribution is 2.25. The molecule has 2 aromatic rings. The third kappa shape index (κ3) is 3.73. The van der Waals surface area contributed by atoms with Gasteiger partial charge in [-0.05, 0) is 48.0 Å². The molecule has 0 saturated heterocycles. The van der Waals surface area contributed by atoms with E-state index in [9.17, 15) is 9.90 Å². The van der Waals surface area contributed by atoms with Gasteiger partial charge in [0, 0.05) is 0 Å². The van der Waals surface area contributed by atoms with Crippen molar-refractivity contribution < 1.29 is 19.7 Å². The Morgan fingerprint density at radius 3 is 2.52 bits per heavy atom. The summed E-state index contributed by atoms with van der Waals surface area (Å²) in [4.78, 5) is 10.7. The topological polar surface area (TPSA) is 91.2 Å². The molecular formula is C15H14N2O4. The Bertz CT molecular complexity index is 666. The Kier molecular flexibility index (Phi) is 4.40. The molecule has 6 heteroatoms. The summed E-state index contributed by atoms with van der Waals surface area (Å²) in [5.74, 6) is -0.546. The second kappa shape index (κ2) is 6.42. The van der Waals surface area contributed by atoms with Crippen LogP contribution in [0.1, 0.15) is 15.9 Å². The number of methoxy groups -OCH3 is 1. The fourth-order valence-electron chi connectivity index (χ4n) is 1.66. The Balaban J connectivity index is 2.01. The van der Waals surface area contributed by atoms with Crippen LogP contribution in [-0.4, -0.2) is 29.5 Å². The predicted molar refractivity (Wildman–Crippen MR) is 79.3 cm³/mol. The molecule has 0 spiro atoms. The Hall–Kier alpha value is -3.02. The summed E-state index contributed by atoms with van der Waals surface area (Å²) < 4.78 is 4.95. The molecule has 0 bridgehead atoms. The van der Waals surface area contributed by atoms with Crippen LogP contribution in [0.2, 0.25) is 0 Å². The molecule has 0 fully saturated rings. The molecule has 0 aliphatic carbocycles. The minimum absolute atomic E-state index is 0.0345. The van der Waals surface area contributed by atoms with Gasteiger partial charge in [-0.2, -0.15) is 5.10 Å². The molecule has 0 aliphatic rings. The average molecular weight is 286 g/mol. The van der Waals surface area contributed by atoms with E-state index in [1.807, 2.05) is 0 Å². The number of phenols is 1. The van der Waals surface area contributed by atoms with Gasteiger partial charge in [-0.15, -0.1) is 0 Å². The van der Waals surface area contributed by atoms with Crippen LogP contribution < -0.4 is 10.2 Å². The van der Waals surface area contributed by atoms with Crippen molar-refractivity contribution in [3.8, 4) is 11.5 Å². The molecule has 0 unspecified atom stereocenters. The first-order valence-corrected chi connectivity index (χ1v) is 6.09. The molecule has 6 nitrogen and oxygen atoms in total. The number of aromatic carboxylic acids is 1. The van der Waals surface area contributed by atoms with Gasteiger partial charge in [0.2, 0.25) is 0 Å². The molecule has 0 saturated carbocycles. The first kappa shape index (κ1) is 14.4. The lowest BCUT2D eigenvalue weighted by Crippen LogP contribution is -1.96. The highest BCUT2D eigenvalue weighted by Gasteiger charge is 2.02. The van der Waals surface area contributed by atoms with Crippen molar-refractivity contribution >= 4 is 17.9 Å². The van der Waals surface area contributed by atoms with E-state index in [-0.39, 0.29) is 11.3 Å². The number of ether oxygens (including phenoxy) is 1. The lowest BCUT2D eigenvalue weighted by molar-refractivity contribution is 0.0697. The van der Waals surface area contributed by atoms with Gasteiger partial charge in [-0.1, -0.05) is 0 Å². The van der Waals surface area contributed by atoms with Gasteiger partial charge in [0.15, 0.2) is 11.5 Å². The molecule has 2 aromatic carbocycles. The number of nitrogens with zero attached hydrogens (tertiary/aromatic N) is 1. The largest absolute Gasteiger partial charge is 0.504 e. The van der Waals surface area contributed by atoms with Crippen molar-refractivity contribution in [3.05, 3.63) is 53.6 Å². The number of hydrazone groups is 1. The summed E-state index contributed by atoms with van der Waals surface area (Å²) in [5.41, 5.74) is 4.34. The van der Waals surface area contributed by atoms with Gasteiger partial charge in [0.25, 0.3) is 0 Å². The van der Waals surface area contributed by atoms with Crippen LogP contribution in [0.4, 0.5) is 5.69 Å². The van der Waals surface area contributed by atoms with E-state index in [0.29, 0.717) is 17.0 Å². The van der Waals surface area contributed by atoms with Crippen LogP contribution in [0.15, 0.2) is 47.6 Å². The average Bonchev–Trinajstić information content (AvgIpc) is 2.48. The van der Waals surface area contributed by atoms with Crippen molar-refractivity contribution in [3.63, 3.8) is 0 Å². The van der Waals surface area contributed by atoms with Crippen LogP contribution in [0.25, 0.3) is 0 Å². The molecule has 0 radical (unpaired) electrons. The van der Waals surface area contributed by atoms with Gasteiger partial charge in [0.05, 0.1) is 24.6 Å². The van der Waals surface area contributed by atoms with Crippen LogP contribution in [-0.2, 0) is 0 Å². The van der Waals surface area contributed by atoms with Crippen LogP contribution in [0.5, 0.6) is 11.5 Å². The molecule has 21 heavy (non-hydrogen) atoms. The second-order valence-electron chi connectivity index (χ2n) is 4.18. The number of carboxylic acid groups (broad SMARTS) is 1. The van der Waals surface area contributed by atoms with Crippen molar-refractivity contribution in [1.82, 2.24) is 0 Å². The van der Waals surface area contributed by atoms with Gasteiger partial charge >= 0.3 is 5.97 Å². The zero-order valence-corrected chi connectivity index (χ0v) is 11.3. The number of rotatable bonds is 5. The van der Waals surface area contributed by atoms with Crippen LogP contribution >= 0.6 is 0 Å². The quantitative estimate of drug-likeness (QED) is 0.580. The van der Waals surface area contributed by atoms with E-state index in [1.165, 1.54) is 31.5 Å². The number of hydrogen-bond acceptors (Lipinski definition) is 5. The Morgan fingerprint density at radius 1 is 1.24 bits per heavy atom. The smallest absolute Gasteiger partial charge is 0.335 e. The number of hydrogen-bond donors (Lipinski definition) is 3. The fourth-order valence-corrected chi connectivity index (χ4v) is 1.66. The van der Waals surface area contributed by atoms with Crippen molar-refractivity contribution in [2.45, 2.75) is 0 Å². The van der Waals surface area contributed by atoms with Crippen LogP contribution in [0.3, 0.4) is 0 Å². The van der Waals surface area contributed by atoms with Gasteiger partial charge < -0.3 is 14.9 Å². The number of carbonyl (C=O) groups is 1. The highest BCUT2D eigenvalue weighted by molar-refractivity contribution is 5.88. The number of aromatic hydroxyl groups is 1. The first-order valence-electron chi connectivity index (χ1n) is 6.09. The molecule has 2 rings (SSSR count). The molecule has 3 N–H and O–H groups in total. The molecule has 0 heterocycles. The predicted octanol–water partition coefficient (Wildman–Crippen LogP) is 2.55. The first-order chi connectivity index (χ1) is 10.1. The van der Waals surface area contributed by atoms with E-state index in [1.54, 1.807) is 24.3 Å². The minimum Gasteiger partial charge on any atom is -0.504 e. The third-order valence-corrected chi connectivity index (χ3v) is 2.74.